The summed E-state index contributed by atoms with van der Waals surface area (Å²) in [4.78, 5) is 18.3. The highest BCUT2D eigenvalue weighted by Crippen LogP contribution is 2.28. The predicted octanol–water partition coefficient (Wildman–Crippen LogP) is 3.99. The largest absolute Gasteiger partial charge is 0.444 e. The van der Waals surface area contributed by atoms with Crippen LogP contribution in [-0.4, -0.2) is 39.8 Å². The topological polar surface area (TPSA) is 68.5 Å². The summed E-state index contributed by atoms with van der Waals surface area (Å²) < 4.78 is 24.1. The maximum Gasteiger partial charge on any atom is 0.410 e. The third-order valence-corrected chi connectivity index (χ3v) is 3.95. The van der Waals surface area contributed by atoms with Crippen molar-refractivity contribution in [2.45, 2.75) is 45.1 Å². The van der Waals surface area contributed by atoms with Crippen LogP contribution in [-0.2, 0) is 4.74 Å². The Kier molecular flexibility index (Phi) is 4.74. The first-order valence-electron chi connectivity index (χ1n) is 8.39. The molecule has 7 heteroatoms. The van der Waals surface area contributed by atoms with Gasteiger partial charge in [0.15, 0.2) is 0 Å². The number of nitrogens with zero attached hydrogens (tertiary/aromatic N) is 3. The number of aromatic nitrogens is 2. The van der Waals surface area contributed by atoms with Crippen LogP contribution in [0.15, 0.2) is 28.8 Å². The highest BCUT2D eigenvalue weighted by molar-refractivity contribution is 5.68. The summed E-state index contributed by atoms with van der Waals surface area (Å²) in [7, 11) is 0. The van der Waals surface area contributed by atoms with Gasteiger partial charge < -0.3 is 14.2 Å². The lowest BCUT2D eigenvalue weighted by molar-refractivity contribution is 0.0189. The number of ether oxygens (including phenoxy) is 1. The molecule has 0 radical (unpaired) electrons. The maximum atomic E-state index is 13.3. The number of amides is 1. The molecule has 6 nitrogen and oxygen atoms in total. The van der Waals surface area contributed by atoms with Crippen molar-refractivity contribution in [2.24, 2.45) is 0 Å². The quantitative estimate of drug-likeness (QED) is 0.821. The Hall–Kier alpha value is -2.44. The zero-order valence-electron chi connectivity index (χ0n) is 14.7. The molecule has 0 N–H and O–H groups in total. The molecule has 1 unspecified atom stereocenters. The van der Waals surface area contributed by atoms with Gasteiger partial charge in [0, 0.05) is 18.7 Å². The van der Waals surface area contributed by atoms with Crippen molar-refractivity contribution >= 4 is 6.09 Å². The van der Waals surface area contributed by atoms with Crippen LogP contribution in [0.1, 0.15) is 45.4 Å². The molecule has 0 bridgehead atoms. The van der Waals surface area contributed by atoms with E-state index in [1.54, 1.807) is 17.0 Å². The van der Waals surface area contributed by atoms with Crippen molar-refractivity contribution < 1.29 is 18.4 Å². The van der Waals surface area contributed by atoms with Crippen molar-refractivity contribution in [3.63, 3.8) is 0 Å². The van der Waals surface area contributed by atoms with Crippen molar-refractivity contribution in [3.05, 3.63) is 36.0 Å². The molecule has 1 atom stereocenters. The highest BCUT2D eigenvalue weighted by atomic mass is 19.1. The van der Waals surface area contributed by atoms with E-state index in [1.807, 2.05) is 20.8 Å². The number of carbonyl (C=O) groups excluding carboxylic acids is 1. The van der Waals surface area contributed by atoms with Gasteiger partial charge in [0.2, 0.25) is 11.7 Å². The molecule has 0 saturated carbocycles. The predicted molar refractivity (Wildman–Crippen MR) is 89.5 cm³/mol. The number of hydrogen-bond acceptors (Lipinski definition) is 5. The van der Waals surface area contributed by atoms with Gasteiger partial charge in [0.05, 0.1) is 5.92 Å². The molecular weight excluding hydrogens is 325 g/mol. The lowest BCUT2D eigenvalue weighted by Crippen LogP contribution is -2.42. The van der Waals surface area contributed by atoms with Crippen molar-refractivity contribution in [1.29, 1.82) is 0 Å². The fourth-order valence-electron chi connectivity index (χ4n) is 2.82. The normalized spacial score (nSPS) is 18.2. The highest BCUT2D eigenvalue weighted by Gasteiger charge is 2.31. The summed E-state index contributed by atoms with van der Waals surface area (Å²) in [5, 5.41) is 3.94. The minimum absolute atomic E-state index is 0.0453. The number of likely N-dealkylation sites (tertiary alicyclic amines) is 1. The molecule has 0 aliphatic carbocycles. The average molecular weight is 347 g/mol. The molecule has 1 saturated heterocycles. The van der Waals surface area contributed by atoms with E-state index in [1.165, 1.54) is 12.1 Å². The van der Waals surface area contributed by atoms with Crippen molar-refractivity contribution in [1.82, 2.24) is 15.0 Å². The number of piperidine rings is 1. The molecule has 1 fully saturated rings. The molecule has 1 amide bonds. The van der Waals surface area contributed by atoms with E-state index in [0.29, 0.717) is 30.4 Å². The number of carbonyl (C=O) groups is 1. The SMILES string of the molecule is CC(C)(C)OC(=O)N1CCCC(c2nc(-c3cccc(F)c3)no2)C1. The van der Waals surface area contributed by atoms with Crippen LogP contribution in [0.4, 0.5) is 9.18 Å². The summed E-state index contributed by atoms with van der Waals surface area (Å²) in [6.45, 7) is 6.65. The molecule has 0 spiro atoms. The lowest BCUT2D eigenvalue weighted by Gasteiger charge is -2.32. The summed E-state index contributed by atoms with van der Waals surface area (Å²) in [6.07, 6.45) is 1.35. The molecule has 25 heavy (non-hydrogen) atoms. The minimum Gasteiger partial charge on any atom is -0.444 e. The van der Waals surface area contributed by atoms with E-state index in [0.717, 1.165) is 12.8 Å². The van der Waals surface area contributed by atoms with Gasteiger partial charge >= 0.3 is 6.09 Å². The van der Waals surface area contributed by atoms with Crippen LogP contribution < -0.4 is 0 Å². The maximum absolute atomic E-state index is 13.3. The smallest absolute Gasteiger partial charge is 0.410 e. The van der Waals surface area contributed by atoms with Crippen LogP contribution >= 0.6 is 0 Å². The summed E-state index contributed by atoms with van der Waals surface area (Å²) in [6, 6.07) is 6.06. The Morgan fingerprint density at radius 3 is 2.92 bits per heavy atom. The Morgan fingerprint density at radius 2 is 2.20 bits per heavy atom. The van der Waals surface area contributed by atoms with Crippen LogP contribution in [0.3, 0.4) is 0 Å². The van der Waals surface area contributed by atoms with E-state index in [4.69, 9.17) is 9.26 Å². The van der Waals surface area contributed by atoms with Crippen molar-refractivity contribution in [2.75, 3.05) is 13.1 Å². The van der Waals surface area contributed by atoms with Crippen LogP contribution in [0, 0.1) is 5.82 Å². The number of hydrogen-bond donors (Lipinski definition) is 0. The second-order valence-electron chi connectivity index (χ2n) is 7.23. The number of rotatable bonds is 2. The third-order valence-electron chi connectivity index (χ3n) is 3.95. The molecular formula is C18H22FN3O3. The first-order chi connectivity index (χ1) is 11.8. The first kappa shape index (κ1) is 17.4. The van der Waals surface area contributed by atoms with Gasteiger partial charge in [0.25, 0.3) is 0 Å². The monoisotopic (exact) mass is 347 g/mol. The second-order valence-corrected chi connectivity index (χ2v) is 7.23. The van der Waals surface area contributed by atoms with Crippen LogP contribution in [0.25, 0.3) is 11.4 Å². The minimum atomic E-state index is -0.529. The fourth-order valence-corrected chi connectivity index (χ4v) is 2.82. The molecule has 1 aliphatic heterocycles. The average Bonchev–Trinajstić information content (AvgIpc) is 3.03. The zero-order valence-corrected chi connectivity index (χ0v) is 14.7. The van der Waals surface area contributed by atoms with Crippen molar-refractivity contribution in [3.8, 4) is 11.4 Å². The van der Waals surface area contributed by atoms with Gasteiger partial charge in [-0.1, -0.05) is 17.3 Å². The molecule has 1 aromatic heterocycles. The van der Waals surface area contributed by atoms with Gasteiger partial charge in [-0.25, -0.2) is 9.18 Å². The van der Waals surface area contributed by atoms with E-state index < -0.39 is 5.60 Å². The standard InChI is InChI=1S/C18H22FN3O3/c1-18(2,3)24-17(23)22-9-5-7-13(11-22)16-20-15(21-25-16)12-6-4-8-14(19)10-12/h4,6,8,10,13H,5,7,9,11H2,1-3H3. The Bertz CT molecular complexity index is 754. The van der Waals surface area contributed by atoms with Gasteiger partial charge in [-0.3, -0.25) is 0 Å². The number of halogens is 1. The molecule has 2 aromatic rings. The molecule has 2 heterocycles. The zero-order chi connectivity index (χ0) is 18.0. The molecule has 134 valence electrons. The van der Waals surface area contributed by atoms with Crippen LogP contribution in [0.5, 0.6) is 0 Å². The molecule has 3 rings (SSSR count). The van der Waals surface area contributed by atoms with Gasteiger partial charge in [-0.2, -0.15) is 4.98 Å². The molecule has 1 aromatic carbocycles. The molecule has 1 aliphatic rings. The Morgan fingerprint density at radius 1 is 1.40 bits per heavy atom. The summed E-state index contributed by atoms with van der Waals surface area (Å²) >= 11 is 0. The Balaban J connectivity index is 1.71. The van der Waals surface area contributed by atoms with Crippen LogP contribution in [0.2, 0.25) is 0 Å². The van der Waals surface area contributed by atoms with Gasteiger partial charge in [0.1, 0.15) is 11.4 Å². The van der Waals surface area contributed by atoms with E-state index in [2.05, 4.69) is 10.1 Å². The van der Waals surface area contributed by atoms with E-state index in [9.17, 15) is 9.18 Å². The van der Waals surface area contributed by atoms with E-state index in [-0.39, 0.29) is 17.8 Å². The van der Waals surface area contributed by atoms with E-state index >= 15 is 0 Å². The second kappa shape index (κ2) is 6.82. The lowest BCUT2D eigenvalue weighted by atomic mass is 9.98. The van der Waals surface area contributed by atoms with Gasteiger partial charge in [-0.05, 0) is 45.7 Å². The Labute approximate surface area is 146 Å². The third kappa shape index (κ3) is 4.35. The summed E-state index contributed by atoms with van der Waals surface area (Å²) in [5.74, 6) is 0.421. The fraction of sp³-hybridized carbons (Fsp3) is 0.500. The van der Waals surface area contributed by atoms with Gasteiger partial charge in [-0.15, -0.1) is 0 Å². The number of benzene rings is 1. The summed E-state index contributed by atoms with van der Waals surface area (Å²) in [5.41, 5.74) is 0.0359. The first-order valence-corrected chi connectivity index (χ1v) is 8.39.